The van der Waals surface area contributed by atoms with Gasteiger partial charge < -0.3 is 4.74 Å². The van der Waals surface area contributed by atoms with Crippen molar-refractivity contribution in [2.75, 3.05) is 17.3 Å². The Hall–Kier alpha value is -4.67. The van der Waals surface area contributed by atoms with Gasteiger partial charge in [0.1, 0.15) is 5.69 Å². The van der Waals surface area contributed by atoms with Crippen molar-refractivity contribution >= 4 is 28.6 Å². The second-order valence-corrected chi connectivity index (χ2v) is 6.41. The summed E-state index contributed by atoms with van der Waals surface area (Å²) in [5, 5.41) is 29.8. The van der Waals surface area contributed by atoms with Crippen molar-refractivity contribution in [3.05, 3.63) is 98.6 Å². The number of nitro benzene ring substituents is 2. The second-order valence-electron chi connectivity index (χ2n) is 6.41. The maximum Gasteiger partial charge on any atom is 0.273 e. The number of hydrogen-bond donors (Lipinski definition) is 1. The minimum absolute atomic E-state index is 0.0531. The average Bonchev–Trinajstić information content (AvgIpc) is 3.24. The van der Waals surface area contributed by atoms with Crippen LogP contribution in [-0.4, -0.2) is 22.8 Å². The molecule has 0 spiro atoms. The monoisotopic (exact) mass is 420 g/mol. The highest BCUT2D eigenvalue weighted by Gasteiger charge is 2.29. The number of benzene rings is 3. The highest BCUT2D eigenvalue weighted by atomic mass is 16.6. The van der Waals surface area contributed by atoms with E-state index in [1.807, 2.05) is 30.3 Å². The van der Waals surface area contributed by atoms with Crippen LogP contribution in [0.1, 0.15) is 5.56 Å². The third kappa shape index (κ3) is 3.79. The summed E-state index contributed by atoms with van der Waals surface area (Å²) in [6, 6.07) is 19.4. The number of methoxy groups -OCH3 is 1. The van der Waals surface area contributed by atoms with Crippen molar-refractivity contribution in [2.24, 2.45) is 5.10 Å². The van der Waals surface area contributed by atoms with Gasteiger partial charge in [-0.1, -0.05) is 30.3 Å². The van der Waals surface area contributed by atoms with E-state index >= 15 is 0 Å². The quantitative estimate of drug-likeness (QED) is 0.473. The van der Waals surface area contributed by atoms with Crippen LogP contribution in [0.2, 0.25) is 0 Å². The average molecular weight is 420 g/mol. The van der Waals surface area contributed by atoms with Crippen LogP contribution >= 0.6 is 0 Å². The zero-order chi connectivity index (χ0) is 22.0. The molecule has 0 aromatic heterocycles. The van der Waals surface area contributed by atoms with Gasteiger partial charge in [-0.15, -0.1) is 5.10 Å². The van der Waals surface area contributed by atoms with Crippen LogP contribution < -0.4 is 20.4 Å². The highest BCUT2D eigenvalue weighted by Crippen LogP contribution is 2.35. The Balaban J connectivity index is 1.78. The van der Waals surface area contributed by atoms with Gasteiger partial charge in [-0.25, -0.2) is 0 Å². The predicted molar refractivity (Wildman–Crippen MR) is 114 cm³/mol. The Bertz CT molecular complexity index is 1170. The van der Waals surface area contributed by atoms with Crippen LogP contribution in [0.3, 0.4) is 0 Å². The molecule has 1 aliphatic heterocycles. The van der Waals surface area contributed by atoms with Crippen molar-refractivity contribution in [3.8, 4) is 5.75 Å². The third-order valence-electron chi connectivity index (χ3n) is 4.54. The Morgan fingerprint density at radius 2 is 1.55 bits per heavy atom. The Morgan fingerprint density at radius 3 is 2.16 bits per heavy atom. The number of hydrazine groups is 2. The summed E-state index contributed by atoms with van der Waals surface area (Å²) >= 11 is 0. The lowest BCUT2D eigenvalue weighted by Gasteiger charge is -2.28. The molecule has 0 fully saturated rings. The summed E-state index contributed by atoms with van der Waals surface area (Å²) in [6.07, 6.45) is 0. The number of non-ortho nitro benzene ring substituents is 2. The van der Waals surface area contributed by atoms with Gasteiger partial charge in [0.05, 0.1) is 28.7 Å². The summed E-state index contributed by atoms with van der Waals surface area (Å²) in [5.41, 5.74) is 4.78. The van der Waals surface area contributed by atoms with Gasteiger partial charge in [0, 0.05) is 23.8 Å². The molecular formula is C20H16N6O5. The van der Waals surface area contributed by atoms with E-state index in [1.54, 1.807) is 17.3 Å². The molecule has 0 unspecified atom stereocenters. The largest absolute Gasteiger partial charge is 0.494 e. The topological polar surface area (TPSA) is 126 Å². The van der Waals surface area contributed by atoms with Crippen LogP contribution in [0, 0.1) is 20.2 Å². The van der Waals surface area contributed by atoms with Crippen molar-refractivity contribution in [1.29, 1.82) is 0 Å². The lowest BCUT2D eigenvalue weighted by molar-refractivity contribution is -0.385. The lowest BCUT2D eigenvalue weighted by Crippen LogP contribution is -2.44. The molecule has 0 atom stereocenters. The van der Waals surface area contributed by atoms with Crippen molar-refractivity contribution in [1.82, 2.24) is 5.43 Å². The summed E-state index contributed by atoms with van der Waals surface area (Å²) in [5.74, 6) is 0.762. The minimum atomic E-state index is -0.510. The number of ether oxygens (including phenoxy) is 1. The first-order chi connectivity index (χ1) is 15.0. The predicted octanol–water partition coefficient (Wildman–Crippen LogP) is 3.62. The smallest absolute Gasteiger partial charge is 0.273 e. The minimum Gasteiger partial charge on any atom is -0.494 e. The molecule has 11 nitrogen and oxygen atoms in total. The molecule has 0 amide bonds. The zero-order valence-corrected chi connectivity index (χ0v) is 16.2. The number of anilines is 2. The molecule has 1 N–H and O–H groups in total. The first kappa shape index (κ1) is 19.6. The van der Waals surface area contributed by atoms with Crippen LogP contribution in [0.4, 0.5) is 22.7 Å². The van der Waals surface area contributed by atoms with E-state index in [2.05, 4.69) is 10.5 Å². The summed E-state index contributed by atoms with van der Waals surface area (Å²) < 4.78 is 5.37. The Kier molecular flexibility index (Phi) is 5.06. The number of nitrogens with one attached hydrogen (secondary N) is 1. The fourth-order valence-electron chi connectivity index (χ4n) is 3.03. The molecule has 31 heavy (non-hydrogen) atoms. The molecule has 0 saturated carbocycles. The summed E-state index contributed by atoms with van der Waals surface area (Å²) in [4.78, 5) is 21.1. The molecule has 4 rings (SSSR count). The maximum absolute atomic E-state index is 11.1. The molecule has 0 bridgehead atoms. The standard InChI is InChI=1S/C20H16N6O5/c1-31-19-13-17(26(29)30)11-12-18(19)24-22-20(14-5-3-2-4-6-14)21-23(24)15-7-9-16(10-8-15)25(27)28/h2-13H,1H3,(H,21,22). The number of hydrogen-bond acceptors (Lipinski definition) is 9. The molecule has 1 heterocycles. The van der Waals surface area contributed by atoms with Gasteiger partial charge in [0.15, 0.2) is 11.6 Å². The summed E-state index contributed by atoms with van der Waals surface area (Å²) in [7, 11) is 1.41. The van der Waals surface area contributed by atoms with Gasteiger partial charge in [0.25, 0.3) is 11.4 Å². The molecule has 1 aliphatic rings. The fourth-order valence-corrected chi connectivity index (χ4v) is 3.03. The summed E-state index contributed by atoms with van der Waals surface area (Å²) in [6.45, 7) is 0. The molecule has 3 aromatic rings. The SMILES string of the molecule is COc1cc([N+](=O)[O-])ccc1N1NC(c2ccccc2)=NN1c1ccc([N+](=O)[O-])cc1. The number of rotatable bonds is 6. The van der Waals surface area contributed by atoms with Gasteiger partial charge in [-0.3, -0.25) is 25.7 Å². The van der Waals surface area contributed by atoms with E-state index in [4.69, 9.17) is 4.74 Å². The Labute approximate surface area is 176 Å². The van der Waals surface area contributed by atoms with E-state index in [0.717, 1.165) is 5.56 Å². The van der Waals surface area contributed by atoms with Gasteiger partial charge in [-0.05, 0) is 18.2 Å². The molecular weight excluding hydrogens is 404 g/mol. The van der Waals surface area contributed by atoms with Crippen molar-refractivity contribution in [3.63, 3.8) is 0 Å². The van der Waals surface area contributed by atoms with Crippen molar-refractivity contribution < 1.29 is 14.6 Å². The molecule has 0 saturated heterocycles. The number of amidine groups is 1. The van der Waals surface area contributed by atoms with Crippen LogP contribution in [-0.2, 0) is 0 Å². The first-order valence-corrected chi connectivity index (χ1v) is 9.05. The number of hydrazone groups is 1. The molecule has 156 valence electrons. The highest BCUT2D eigenvalue weighted by molar-refractivity contribution is 6.02. The van der Waals surface area contributed by atoms with E-state index < -0.39 is 9.85 Å². The van der Waals surface area contributed by atoms with E-state index in [9.17, 15) is 20.2 Å². The van der Waals surface area contributed by atoms with E-state index in [0.29, 0.717) is 17.2 Å². The molecule has 0 aliphatic carbocycles. The van der Waals surface area contributed by atoms with Crippen LogP contribution in [0.15, 0.2) is 77.9 Å². The van der Waals surface area contributed by atoms with E-state index in [1.165, 1.54) is 42.6 Å². The molecule has 3 aromatic carbocycles. The maximum atomic E-state index is 11.1. The van der Waals surface area contributed by atoms with Crippen LogP contribution in [0.25, 0.3) is 0 Å². The number of nitrogens with zero attached hydrogens (tertiary/aromatic N) is 5. The fraction of sp³-hybridized carbons (Fsp3) is 0.0500. The number of nitro groups is 2. The van der Waals surface area contributed by atoms with E-state index in [-0.39, 0.29) is 17.1 Å². The zero-order valence-electron chi connectivity index (χ0n) is 16.2. The van der Waals surface area contributed by atoms with Gasteiger partial charge in [0.2, 0.25) is 0 Å². The normalized spacial score (nSPS) is 12.9. The first-order valence-electron chi connectivity index (χ1n) is 9.05. The van der Waals surface area contributed by atoms with Gasteiger partial charge >= 0.3 is 0 Å². The lowest BCUT2D eigenvalue weighted by atomic mass is 10.2. The van der Waals surface area contributed by atoms with Crippen molar-refractivity contribution in [2.45, 2.75) is 0 Å². The molecule has 0 radical (unpaired) electrons. The van der Waals surface area contributed by atoms with Crippen LogP contribution in [0.5, 0.6) is 5.75 Å². The second kappa shape index (κ2) is 7.99. The third-order valence-corrected chi connectivity index (χ3v) is 4.54. The van der Waals surface area contributed by atoms with Gasteiger partial charge in [-0.2, -0.15) is 10.2 Å². The Morgan fingerprint density at radius 1 is 0.903 bits per heavy atom. The molecule has 11 heteroatoms.